The van der Waals surface area contributed by atoms with E-state index in [1.54, 1.807) is 0 Å². The Morgan fingerprint density at radius 1 is 1.46 bits per heavy atom. The Hall–Kier alpha value is -0.570. The molecular formula is C10H12ClNO. The molecule has 0 spiro atoms. The van der Waals surface area contributed by atoms with Crippen LogP contribution >= 0.6 is 11.6 Å². The molecule has 0 fully saturated rings. The lowest BCUT2D eigenvalue weighted by Crippen LogP contribution is -2.38. The van der Waals surface area contributed by atoms with Crippen molar-refractivity contribution >= 4 is 11.6 Å². The third-order valence-electron chi connectivity index (χ3n) is 2.44. The lowest BCUT2D eigenvalue weighted by molar-refractivity contribution is 0.236. The molecule has 1 aromatic carbocycles. The Bertz CT molecular complexity index is 314. The molecule has 1 aromatic rings. The van der Waals surface area contributed by atoms with E-state index >= 15 is 0 Å². The van der Waals surface area contributed by atoms with Crippen molar-refractivity contribution in [3.05, 3.63) is 34.3 Å². The van der Waals surface area contributed by atoms with Crippen molar-refractivity contribution in [1.29, 1.82) is 0 Å². The Morgan fingerprint density at radius 3 is 3.08 bits per heavy atom. The van der Waals surface area contributed by atoms with E-state index < -0.39 is 0 Å². The second-order valence-electron chi connectivity index (χ2n) is 3.38. The smallest absolute Gasteiger partial charge is 0.0587 e. The number of aliphatic hydroxyl groups is 1. The SMILES string of the molecule is OC[C@H]1Cc2cc(Cl)ccc2CN1. The Kier molecular flexibility index (Phi) is 2.54. The molecule has 2 N–H and O–H groups in total. The Labute approximate surface area is 82.5 Å². The molecule has 0 unspecified atom stereocenters. The van der Waals surface area contributed by atoms with Gasteiger partial charge >= 0.3 is 0 Å². The normalized spacial score (nSPS) is 21.2. The minimum absolute atomic E-state index is 0.186. The first-order valence-electron chi connectivity index (χ1n) is 4.41. The average Bonchev–Trinajstić information content (AvgIpc) is 2.16. The summed E-state index contributed by atoms with van der Waals surface area (Å²) in [6, 6.07) is 6.12. The largest absolute Gasteiger partial charge is 0.395 e. The number of rotatable bonds is 1. The maximum atomic E-state index is 8.99. The van der Waals surface area contributed by atoms with Gasteiger partial charge in [-0.15, -0.1) is 0 Å². The van der Waals surface area contributed by atoms with Gasteiger partial charge in [-0.1, -0.05) is 17.7 Å². The molecule has 3 heteroatoms. The van der Waals surface area contributed by atoms with Gasteiger partial charge in [-0.05, 0) is 29.7 Å². The molecule has 13 heavy (non-hydrogen) atoms. The molecule has 1 atom stereocenters. The van der Waals surface area contributed by atoms with Crippen LogP contribution in [-0.4, -0.2) is 17.8 Å². The topological polar surface area (TPSA) is 32.3 Å². The minimum Gasteiger partial charge on any atom is -0.395 e. The van der Waals surface area contributed by atoms with Gasteiger partial charge in [0.05, 0.1) is 6.61 Å². The van der Waals surface area contributed by atoms with Gasteiger partial charge < -0.3 is 10.4 Å². The van der Waals surface area contributed by atoms with Crippen LogP contribution in [0, 0.1) is 0 Å². The summed E-state index contributed by atoms with van der Waals surface area (Å²) in [7, 11) is 0. The highest BCUT2D eigenvalue weighted by atomic mass is 35.5. The van der Waals surface area contributed by atoms with Crippen molar-refractivity contribution in [2.24, 2.45) is 0 Å². The average molecular weight is 198 g/mol. The summed E-state index contributed by atoms with van der Waals surface area (Å²) in [5, 5.41) is 13.0. The van der Waals surface area contributed by atoms with Gasteiger partial charge in [0.15, 0.2) is 0 Å². The third kappa shape index (κ3) is 1.85. The van der Waals surface area contributed by atoms with Crippen LogP contribution in [0.2, 0.25) is 5.02 Å². The monoisotopic (exact) mass is 197 g/mol. The number of halogens is 1. The summed E-state index contributed by atoms with van der Waals surface area (Å²) in [4.78, 5) is 0. The molecule has 2 rings (SSSR count). The fourth-order valence-corrected chi connectivity index (χ4v) is 1.87. The molecule has 0 aromatic heterocycles. The van der Waals surface area contributed by atoms with Crippen molar-refractivity contribution < 1.29 is 5.11 Å². The van der Waals surface area contributed by atoms with Gasteiger partial charge in [0.1, 0.15) is 0 Å². The van der Waals surface area contributed by atoms with Crippen LogP contribution in [0.25, 0.3) is 0 Å². The molecular weight excluding hydrogens is 186 g/mol. The summed E-state index contributed by atoms with van der Waals surface area (Å²) >= 11 is 5.88. The van der Waals surface area contributed by atoms with E-state index in [1.807, 2.05) is 18.2 Å². The molecule has 0 bridgehead atoms. The predicted octanol–water partition coefficient (Wildman–Crippen LogP) is 1.35. The highest BCUT2D eigenvalue weighted by Gasteiger charge is 2.16. The first-order chi connectivity index (χ1) is 6.29. The number of hydrogen-bond donors (Lipinski definition) is 2. The van der Waals surface area contributed by atoms with Gasteiger partial charge in [0.2, 0.25) is 0 Å². The molecule has 0 aliphatic carbocycles. The van der Waals surface area contributed by atoms with E-state index in [0.29, 0.717) is 0 Å². The molecule has 0 saturated carbocycles. The first-order valence-corrected chi connectivity index (χ1v) is 4.79. The van der Waals surface area contributed by atoms with Gasteiger partial charge in [-0.2, -0.15) is 0 Å². The second-order valence-corrected chi connectivity index (χ2v) is 3.81. The fraction of sp³-hybridized carbons (Fsp3) is 0.400. The van der Waals surface area contributed by atoms with E-state index in [2.05, 4.69) is 5.32 Å². The quantitative estimate of drug-likeness (QED) is 0.713. The highest BCUT2D eigenvalue weighted by molar-refractivity contribution is 6.30. The van der Waals surface area contributed by atoms with Crippen LogP contribution in [0.4, 0.5) is 0 Å². The summed E-state index contributed by atoms with van der Waals surface area (Å²) in [5.41, 5.74) is 2.54. The zero-order chi connectivity index (χ0) is 9.26. The van der Waals surface area contributed by atoms with E-state index in [1.165, 1.54) is 11.1 Å². The molecule has 1 heterocycles. The molecule has 0 radical (unpaired) electrons. The third-order valence-corrected chi connectivity index (χ3v) is 2.67. The van der Waals surface area contributed by atoms with Crippen LogP contribution < -0.4 is 5.32 Å². The molecule has 70 valence electrons. The number of benzene rings is 1. The zero-order valence-corrected chi connectivity index (χ0v) is 8.01. The van der Waals surface area contributed by atoms with Crippen molar-refractivity contribution in [2.45, 2.75) is 19.0 Å². The number of aliphatic hydroxyl groups excluding tert-OH is 1. The first kappa shape index (κ1) is 9.00. The van der Waals surface area contributed by atoms with E-state index in [9.17, 15) is 0 Å². The summed E-state index contributed by atoms with van der Waals surface area (Å²) in [6.45, 7) is 1.02. The summed E-state index contributed by atoms with van der Waals surface area (Å²) < 4.78 is 0. The number of nitrogens with one attached hydrogen (secondary N) is 1. The highest BCUT2D eigenvalue weighted by Crippen LogP contribution is 2.20. The van der Waals surface area contributed by atoms with Crippen molar-refractivity contribution in [3.63, 3.8) is 0 Å². The van der Waals surface area contributed by atoms with Crippen molar-refractivity contribution in [3.8, 4) is 0 Å². The van der Waals surface area contributed by atoms with E-state index in [0.717, 1.165) is 18.0 Å². The molecule has 2 nitrogen and oxygen atoms in total. The van der Waals surface area contributed by atoms with Crippen molar-refractivity contribution in [1.82, 2.24) is 5.32 Å². The van der Waals surface area contributed by atoms with E-state index in [4.69, 9.17) is 16.7 Å². The number of fused-ring (bicyclic) bond motifs is 1. The van der Waals surface area contributed by atoms with E-state index in [-0.39, 0.29) is 12.6 Å². The van der Waals surface area contributed by atoms with Gasteiger partial charge in [0, 0.05) is 17.6 Å². The molecule has 1 aliphatic rings. The minimum atomic E-state index is 0.186. The lowest BCUT2D eigenvalue weighted by Gasteiger charge is -2.24. The van der Waals surface area contributed by atoms with Crippen LogP contribution in [0.1, 0.15) is 11.1 Å². The van der Waals surface area contributed by atoms with Crippen LogP contribution in [0.3, 0.4) is 0 Å². The number of hydrogen-bond acceptors (Lipinski definition) is 2. The Balaban J connectivity index is 2.27. The summed E-state index contributed by atoms with van der Waals surface area (Å²) in [6.07, 6.45) is 0.867. The lowest BCUT2D eigenvalue weighted by atomic mass is 9.96. The van der Waals surface area contributed by atoms with Crippen LogP contribution in [-0.2, 0) is 13.0 Å². The second kappa shape index (κ2) is 3.66. The fourth-order valence-electron chi connectivity index (χ4n) is 1.68. The van der Waals surface area contributed by atoms with Crippen LogP contribution in [0.5, 0.6) is 0 Å². The van der Waals surface area contributed by atoms with Crippen LogP contribution in [0.15, 0.2) is 18.2 Å². The molecule has 1 aliphatic heterocycles. The summed E-state index contributed by atoms with van der Waals surface area (Å²) in [5.74, 6) is 0. The van der Waals surface area contributed by atoms with Gasteiger partial charge in [0.25, 0.3) is 0 Å². The Morgan fingerprint density at radius 2 is 2.31 bits per heavy atom. The predicted molar refractivity (Wildman–Crippen MR) is 52.9 cm³/mol. The van der Waals surface area contributed by atoms with Crippen molar-refractivity contribution in [2.75, 3.05) is 6.61 Å². The van der Waals surface area contributed by atoms with Gasteiger partial charge in [-0.3, -0.25) is 0 Å². The molecule has 0 saturated heterocycles. The zero-order valence-electron chi connectivity index (χ0n) is 7.26. The standard InChI is InChI=1S/C10H12ClNO/c11-9-2-1-7-5-12-10(6-13)4-8(7)3-9/h1-3,10,12-13H,4-6H2/t10-/m1/s1. The maximum absolute atomic E-state index is 8.99. The maximum Gasteiger partial charge on any atom is 0.0587 e. The van der Waals surface area contributed by atoms with Gasteiger partial charge in [-0.25, -0.2) is 0 Å². The molecule has 0 amide bonds.